The molecule has 0 radical (unpaired) electrons. The maximum absolute atomic E-state index is 9.53. The van der Waals surface area contributed by atoms with Crippen LogP contribution in [0.1, 0.15) is 6.42 Å². The number of morpholine rings is 1. The molecule has 1 aliphatic heterocycles. The van der Waals surface area contributed by atoms with Crippen LogP contribution in [0.15, 0.2) is 64.6 Å². The Morgan fingerprint density at radius 3 is 2.90 bits per heavy atom. The number of ether oxygens (including phenoxy) is 2. The van der Waals surface area contributed by atoms with Crippen molar-refractivity contribution < 1.29 is 19.1 Å². The van der Waals surface area contributed by atoms with Gasteiger partial charge in [0.2, 0.25) is 0 Å². The van der Waals surface area contributed by atoms with Gasteiger partial charge in [-0.25, -0.2) is 4.98 Å². The molecule has 0 saturated carbocycles. The summed E-state index contributed by atoms with van der Waals surface area (Å²) in [5.74, 6) is 1.24. The molecule has 8 heteroatoms. The van der Waals surface area contributed by atoms with E-state index in [1.54, 1.807) is 12.4 Å². The molecule has 1 aliphatic rings. The molecule has 4 heterocycles. The second-order valence-electron chi connectivity index (χ2n) is 7.52. The van der Waals surface area contributed by atoms with Crippen molar-refractivity contribution in [2.45, 2.75) is 6.42 Å². The quantitative estimate of drug-likeness (QED) is 0.293. The van der Waals surface area contributed by atoms with E-state index in [0.717, 1.165) is 44.8 Å². The van der Waals surface area contributed by atoms with Crippen molar-refractivity contribution in [3.8, 4) is 17.2 Å². The molecule has 5 rings (SSSR count). The van der Waals surface area contributed by atoms with Gasteiger partial charge in [-0.3, -0.25) is 4.90 Å². The summed E-state index contributed by atoms with van der Waals surface area (Å²) in [5, 5.41) is 14.1. The predicted octanol–water partition coefficient (Wildman–Crippen LogP) is 3.14. The van der Waals surface area contributed by atoms with Crippen molar-refractivity contribution in [1.82, 2.24) is 14.3 Å². The minimum atomic E-state index is 0.423. The Morgan fingerprint density at radius 2 is 2.03 bits per heavy atom. The summed E-state index contributed by atoms with van der Waals surface area (Å²) < 4.78 is 19.4. The summed E-state index contributed by atoms with van der Waals surface area (Å²) in [6, 6.07) is 13.1. The van der Waals surface area contributed by atoms with Crippen molar-refractivity contribution in [1.29, 1.82) is 0 Å². The number of benzene rings is 1. The fourth-order valence-electron chi connectivity index (χ4n) is 3.82. The van der Waals surface area contributed by atoms with E-state index in [2.05, 4.69) is 15.0 Å². The van der Waals surface area contributed by atoms with Crippen LogP contribution in [0.5, 0.6) is 5.75 Å². The average molecular weight is 420 g/mol. The molecular weight excluding hydrogens is 396 g/mol. The summed E-state index contributed by atoms with van der Waals surface area (Å²) in [6.45, 7) is 5.18. The Balaban J connectivity index is 1.36. The van der Waals surface area contributed by atoms with Crippen molar-refractivity contribution in [3.63, 3.8) is 0 Å². The van der Waals surface area contributed by atoms with Gasteiger partial charge < -0.3 is 23.5 Å². The van der Waals surface area contributed by atoms with Gasteiger partial charge in [-0.2, -0.15) is 0 Å². The smallest absolute Gasteiger partial charge is 0.155 e. The van der Waals surface area contributed by atoms with Gasteiger partial charge in [0.05, 0.1) is 26.1 Å². The van der Waals surface area contributed by atoms with E-state index in [0.29, 0.717) is 40.1 Å². The molecule has 1 N–H and O–H groups in total. The van der Waals surface area contributed by atoms with E-state index in [-0.39, 0.29) is 0 Å². The monoisotopic (exact) mass is 420 g/mol. The van der Waals surface area contributed by atoms with Crippen LogP contribution in [0.25, 0.3) is 27.9 Å². The highest BCUT2D eigenvalue weighted by Crippen LogP contribution is 2.25. The maximum atomic E-state index is 9.53. The lowest BCUT2D eigenvalue weighted by molar-refractivity contribution is 0.0358. The minimum absolute atomic E-state index is 0.423. The Labute approximate surface area is 178 Å². The van der Waals surface area contributed by atoms with Crippen LogP contribution < -0.4 is 10.1 Å². The molecular formula is C23H24N4O4. The molecule has 160 valence electrons. The highest BCUT2D eigenvalue weighted by Gasteiger charge is 2.11. The fraction of sp³-hybridized carbons (Fsp3) is 0.304. The third-order valence-electron chi connectivity index (χ3n) is 5.49. The van der Waals surface area contributed by atoms with E-state index in [1.807, 2.05) is 47.0 Å². The lowest BCUT2D eigenvalue weighted by Gasteiger charge is -2.26. The standard InChI is InChI=1S/C23H24N4O4/c28-25-20-15-23(21-13-17-3-1-7-27(17)16-24-21)31-22-14-18(4-5-19(20)22)30-10-2-6-26-8-11-29-12-9-26/h1,3-5,7,13-16,28H,2,6,8-12H2/b25-20-. The van der Waals surface area contributed by atoms with Crippen LogP contribution in [0, 0.1) is 0 Å². The number of hydrogen-bond donors (Lipinski definition) is 1. The molecule has 8 nitrogen and oxygen atoms in total. The second-order valence-corrected chi connectivity index (χ2v) is 7.52. The molecule has 0 atom stereocenters. The van der Waals surface area contributed by atoms with Gasteiger partial charge >= 0.3 is 0 Å². The Hall–Kier alpha value is -3.36. The fourth-order valence-corrected chi connectivity index (χ4v) is 3.82. The van der Waals surface area contributed by atoms with Gasteiger partial charge in [0.25, 0.3) is 0 Å². The third kappa shape index (κ3) is 4.26. The normalized spacial score (nSPS) is 15.7. The van der Waals surface area contributed by atoms with Crippen molar-refractivity contribution >= 4 is 16.5 Å². The summed E-state index contributed by atoms with van der Waals surface area (Å²) in [4.78, 5) is 6.85. The molecule has 1 aromatic carbocycles. The number of aromatic nitrogens is 2. The zero-order chi connectivity index (χ0) is 21.0. The van der Waals surface area contributed by atoms with E-state index < -0.39 is 0 Å². The summed E-state index contributed by atoms with van der Waals surface area (Å²) in [6.07, 6.45) is 4.60. The first kappa shape index (κ1) is 19.6. The van der Waals surface area contributed by atoms with Crippen LogP contribution in [0.4, 0.5) is 0 Å². The largest absolute Gasteiger partial charge is 0.493 e. The molecule has 1 fully saturated rings. The van der Waals surface area contributed by atoms with Crippen LogP contribution in [0.2, 0.25) is 0 Å². The first-order chi connectivity index (χ1) is 15.3. The van der Waals surface area contributed by atoms with Crippen LogP contribution in [0.3, 0.4) is 0 Å². The van der Waals surface area contributed by atoms with Gasteiger partial charge in [-0.1, -0.05) is 5.16 Å². The van der Waals surface area contributed by atoms with Gasteiger partial charge in [0.1, 0.15) is 22.4 Å². The second kappa shape index (κ2) is 8.79. The maximum Gasteiger partial charge on any atom is 0.155 e. The summed E-state index contributed by atoms with van der Waals surface area (Å²) >= 11 is 0. The predicted molar refractivity (Wildman–Crippen MR) is 115 cm³/mol. The van der Waals surface area contributed by atoms with E-state index in [4.69, 9.17) is 13.9 Å². The number of rotatable bonds is 6. The number of fused-ring (bicyclic) bond motifs is 2. The molecule has 0 unspecified atom stereocenters. The van der Waals surface area contributed by atoms with Gasteiger partial charge in [0.15, 0.2) is 5.76 Å². The topological polar surface area (TPSA) is 84.7 Å². The molecule has 0 amide bonds. The third-order valence-corrected chi connectivity index (χ3v) is 5.49. The molecule has 0 aliphatic carbocycles. The SMILES string of the molecule is O/N=c1/cc(-c2cc3cccn3cn2)oc2cc(OCCCN3CCOCC3)ccc12. The summed E-state index contributed by atoms with van der Waals surface area (Å²) in [7, 11) is 0. The molecule has 4 aromatic rings. The molecule has 3 aromatic heterocycles. The van der Waals surface area contributed by atoms with E-state index >= 15 is 0 Å². The first-order valence-corrected chi connectivity index (χ1v) is 10.4. The van der Waals surface area contributed by atoms with Crippen LogP contribution >= 0.6 is 0 Å². The van der Waals surface area contributed by atoms with Crippen molar-refractivity contribution in [2.24, 2.45) is 5.16 Å². The highest BCUT2D eigenvalue weighted by molar-refractivity contribution is 5.79. The molecule has 0 bridgehead atoms. The number of hydrogen-bond acceptors (Lipinski definition) is 7. The zero-order valence-corrected chi connectivity index (χ0v) is 17.1. The van der Waals surface area contributed by atoms with E-state index in [9.17, 15) is 5.21 Å². The van der Waals surface area contributed by atoms with Crippen molar-refractivity contribution in [2.75, 3.05) is 39.5 Å². The average Bonchev–Trinajstić information content (AvgIpc) is 3.29. The van der Waals surface area contributed by atoms with Gasteiger partial charge in [-0.15, -0.1) is 0 Å². The Bertz CT molecular complexity index is 1260. The number of nitrogens with zero attached hydrogens (tertiary/aromatic N) is 4. The lowest BCUT2D eigenvalue weighted by Crippen LogP contribution is -2.37. The summed E-state index contributed by atoms with van der Waals surface area (Å²) in [5.41, 5.74) is 2.24. The molecule has 31 heavy (non-hydrogen) atoms. The lowest BCUT2D eigenvalue weighted by atomic mass is 10.2. The van der Waals surface area contributed by atoms with Crippen LogP contribution in [-0.2, 0) is 4.74 Å². The molecule has 0 spiro atoms. The first-order valence-electron chi connectivity index (χ1n) is 10.4. The Kier molecular flexibility index (Phi) is 5.56. The highest BCUT2D eigenvalue weighted by atomic mass is 16.5. The Morgan fingerprint density at radius 1 is 1.13 bits per heavy atom. The minimum Gasteiger partial charge on any atom is -0.493 e. The van der Waals surface area contributed by atoms with Crippen molar-refractivity contribution in [3.05, 3.63) is 60.3 Å². The van der Waals surface area contributed by atoms with Gasteiger partial charge in [-0.05, 0) is 36.8 Å². The molecule has 1 saturated heterocycles. The van der Waals surface area contributed by atoms with Crippen LogP contribution in [-0.4, -0.2) is 58.9 Å². The zero-order valence-electron chi connectivity index (χ0n) is 17.1. The van der Waals surface area contributed by atoms with Gasteiger partial charge in [0, 0.05) is 48.9 Å². The van der Waals surface area contributed by atoms with E-state index in [1.165, 1.54) is 0 Å².